The second-order valence-electron chi connectivity index (χ2n) is 7.38. The second kappa shape index (κ2) is 8.00. The summed E-state index contributed by atoms with van der Waals surface area (Å²) >= 11 is 0. The molecule has 0 amide bonds. The van der Waals surface area contributed by atoms with Crippen molar-refractivity contribution < 1.29 is 0 Å². The van der Waals surface area contributed by atoms with Crippen molar-refractivity contribution >= 4 is 5.71 Å². The average molecular weight is 275 g/mol. The lowest BCUT2D eigenvalue weighted by molar-refractivity contribution is 0.137. The fraction of sp³-hybridized carbons (Fsp3) is 0.842. The minimum Gasteiger partial charge on any atom is -0.310 e. The van der Waals surface area contributed by atoms with Gasteiger partial charge in [-0.15, -0.1) is 0 Å². The van der Waals surface area contributed by atoms with Crippen molar-refractivity contribution in [2.45, 2.75) is 78.1 Å². The smallest absolute Gasteiger partial charge is 0.00583 e. The van der Waals surface area contributed by atoms with E-state index in [1.807, 2.05) is 6.92 Å². The van der Waals surface area contributed by atoms with Crippen molar-refractivity contribution in [2.75, 3.05) is 0 Å². The molecule has 0 radical (unpaired) electrons. The summed E-state index contributed by atoms with van der Waals surface area (Å²) in [6.45, 7) is 4.45. The zero-order chi connectivity index (χ0) is 14.4. The standard InChI is InChI=1S/C19H33N/c1-15-7-6-10-18(13-11-16(2)20)19(15)14-12-17-8-4-3-5-9-17/h3-4,15,17-20H,5-14H2,1-2H3. The van der Waals surface area contributed by atoms with Crippen LogP contribution in [0.15, 0.2) is 12.2 Å². The summed E-state index contributed by atoms with van der Waals surface area (Å²) in [6, 6.07) is 0. The summed E-state index contributed by atoms with van der Waals surface area (Å²) < 4.78 is 0. The predicted octanol–water partition coefficient (Wildman–Crippen LogP) is 6.00. The molecule has 0 aliphatic heterocycles. The molecule has 1 saturated carbocycles. The van der Waals surface area contributed by atoms with Crippen molar-refractivity contribution in [3.63, 3.8) is 0 Å². The fourth-order valence-electron chi connectivity index (χ4n) is 4.42. The van der Waals surface area contributed by atoms with Crippen LogP contribution in [0.3, 0.4) is 0 Å². The molecule has 20 heavy (non-hydrogen) atoms. The molecule has 0 heterocycles. The Kier molecular flexibility index (Phi) is 6.32. The van der Waals surface area contributed by atoms with Crippen molar-refractivity contribution in [1.82, 2.24) is 0 Å². The Bertz CT molecular complexity index is 331. The van der Waals surface area contributed by atoms with E-state index in [1.165, 1.54) is 57.8 Å². The molecule has 4 unspecified atom stereocenters. The van der Waals surface area contributed by atoms with E-state index < -0.39 is 0 Å². The zero-order valence-electron chi connectivity index (χ0n) is 13.5. The quantitative estimate of drug-likeness (QED) is 0.454. The molecular weight excluding hydrogens is 242 g/mol. The zero-order valence-corrected chi connectivity index (χ0v) is 13.5. The molecule has 1 nitrogen and oxygen atoms in total. The van der Waals surface area contributed by atoms with Gasteiger partial charge in [0.1, 0.15) is 0 Å². The Labute approximate surface area is 125 Å². The molecule has 0 spiro atoms. The minimum absolute atomic E-state index is 0.874. The lowest BCUT2D eigenvalue weighted by Crippen LogP contribution is -2.27. The van der Waals surface area contributed by atoms with E-state index in [0.717, 1.165) is 35.8 Å². The molecule has 0 aromatic carbocycles. The number of nitrogens with one attached hydrogen (secondary N) is 1. The maximum absolute atomic E-state index is 7.68. The van der Waals surface area contributed by atoms with Crippen molar-refractivity contribution in [3.8, 4) is 0 Å². The van der Waals surface area contributed by atoms with Crippen LogP contribution in [0.4, 0.5) is 0 Å². The Hall–Kier alpha value is -0.590. The van der Waals surface area contributed by atoms with Crippen molar-refractivity contribution in [1.29, 1.82) is 5.41 Å². The summed E-state index contributed by atoms with van der Waals surface area (Å²) in [5.74, 6) is 3.71. The molecule has 0 aromatic heterocycles. The lowest BCUT2D eigenvalue weighted by Gasteiger charge is -2.37. The Morgan fingerprint density at radius 1 is 1.10 bits per heavy atom. The van der Waals surface area contributed by atoms with Crippen molar-refractivity contribution in [3.05, 3.63) is 12.2 Å². The highest BCUT2D eigenvalue weighted by Crippen LogP contribution is 2.41. The maximum Gasteiger partial charge on any atom is 0.00583 e. The van der Waals surface area contributed by atoms with E-state index in [4.69, 9.17) is 5.41 Å². The van der Waals surface area contributed by atoms with Crippen molar-refractivity contribution in [2.24, 2.45) is 23.7 Å². The van der Waals surface area contributed by atoms with Crippen LogP contribution in [-0.4, -0.2) is 5.71 Å². The van der Waals surface area contributed by atoms with Gasteiger partial charge in [-0.25, -0.2) is 0 Å². The summed E-state index contributed by atoms with van der Waals surface area (Å²) in [5.41, 5.74) is 0.874. The molecular formula is C19H33N. The number of hydrogen-bond acceptors (Lipinski definition) is 1. The third-order valence-corrected chi connectivity index (χ3v) is 5.75. The molecule has 2 rings (SSSR count). The first kappa shape index (κ1) is 15.8. The van der Waals surface area contributed by atoms with Gasteiger partial charge in [0, 0.05) is 5.71 Å². The highest BCUT2D eigenvalue weighted by atomic mass is 14.4. The highest BCUT2D eigenvalue weighted by Gasteiger charge is 2.30. The predicted molar refractivity (Wildman–Crippen MR) is 88.3 cm³/mol. The Balaban J connectivity index is 1.83. The summed E-state index contributed by atoms with van der Waals surface area (Å²) in [6.07, 6.45) is 18.3. The van der Waals surface area contributed by atoms with Crippen LogP contribution in [0.5, 0.6) is 0 Å². The second-order valence-corrected chi connectivity index (χ2v) is 7.38. The Morgan fingerprint density at radius 3 is 2.65 bits per heavy atom. The fourth-order valence-corrected chi connectivity index (χ4v) is 4.42. The van der Waals surface area contributed by atoms with Crippen LogP contribution in [-0.2, 0) is 0 Å². The molecule has 0 aromatic rings. The first-order valence-electron chi connectivity index (χ1n) is 8.86. The van der Waals surface area contributed by atoms with Gasteiger partial charge in [-0.1, -0.05) is 38.3 Å². The summed E-state index contributed by atoms with van der Waals surface area (Å²) in [7, 11) is 0. The van der Waals surface area contributed by atoms with Gasteiger partial charge >= 0.3 is 0 Å². The number of hydrogen-bond donors (Lipinski definition) is 1. The van der Waals surface area contributed by atoms with Gasteiger partial charge in [-0.2, -0.15) is 0 Å². The minimum atomic E-state index is 0.874. The molecule has 1 fully saturated rings. The molecule has 0 saturated heterocycles. The normalized spacial score (nSPS) is 34.1. The Morgan fingerprint density at radius 2 is 1.95 bits per heavy atom. The largest absolute Gasteiger partial charge is 0.310 e. The molecule has 2 aliphatic rings. The van der Waals surface area contributed by atoms with E-state index >= 15 is 0 Å². The van der Waals surface area contributed by atoms with E-state index in [2.05, 4.69) is 19.1 Å². The molecule has 1 N–H and O–H groups in total. The van der Waals surface area contributed by atoms with E-state index in [-0.39, 0.29) is 0 Å². The van der Waals surface area contributed by atoms with Gasteiger partial charge in [0.15, 0.2) is 0 Å². The lowest BCUT2D eigenvalue weighted by atomic mass is 9.68. The van der Waals surface area contributed by atoms with Crippen LogP contribution in [0.2, 0.25) is 0 Å². The third kappa shape index (κ3) is 4.75. The molecule has 114 valence electrons. The molecule has 4 atom stereocenters. The topological polar surface area (TPSA) is 23.9 Å². The SMILES string of the molecule is CC(=N)CCC1CCCC(C)C1CCC1CC=CCC1. The van der Waals surface area contributed by atoms with Gasteiger partial charge in [0.2, 0.25) is 0 Å². The van der Waals surface area contributed by atoms with E-state index in [1.54, 1.807) is 0 Å². The maximum atomic E-state index is 7.68. The van der Waals surface area contributed by atoms with Crippen LogP contribution >= 0.6 is 0 Å². The van der Waals surface area contributed by atoms with Gasteiger partial charge in [0.25, 0.3) is 0 Å². The highest BCUT2D eigenvalue weighted by molar-refractivity contribution is 5.78. The third-order valence-electron chi connectivity index (χ3n) is 5.75. The first-order chi connectivity index (χ1) is 9.66. The van der Waals surface area contributed by atoms with E-state index in [0.29, 0.717) is 0 Å². The van der Waals surface area contributed by atoms with E-state index in [9.17, 15) is 0 Å². The van der Waals surface area contributed by atoms with Gasteiger partial charge < -0.3 is 5.41 Å². The summed E-state index contributed by atoms with van der Waals surface area (Å²) in [5, 5.41) is 7.68. The van der Waals surface area contributed by atoms with Crippen LogP contribution < -0.4 is 0 Å². The average Bonchev–Trinajstić information content (AvgIpc) is 2.45. The molecule has 0 bridgehead atoms. The summed E-state index contributed by atoms with van der Waals surface area (Å²) in [4.78, 5) is 0. The van der Waals surface area contributed by atoms with Gasteiger partial charge in [0.05, 0.1) is 0 Å². The van der Waals surface area contributed by atoms with Crippen LogP contribution in [0.25, 0.3) is 0 Å². The first-order valence-corrected chi connectivity index (χ1v) is 8.86. The van der Waals surface area contributed by atoms with Crippen LogP contribution in [0, 0.1) is 29.1 Å². The number of allylic oxidation sites excluding steroid dienone is 2. The molecule has 1 heteroatoms. The van der Waals surface area contributed by atoms with Crippen LogP contribution in [0.1, 0.15) is 78.1 Å². The monoisotopic (exact) mass is 275 g/mol. The number of rotatable bonds is 6. The molecule has 2 aliphatic carbocycles. The van der Waals surface area contributed by atoms with Gasteiger partial charge in [-0.05, 0) is 75.5 Å². The van der Waals surface area contributed by atoms with Gasteiger partial charge in [-0.3, -0.25) is 0 Å².